The number of rotatable bonds is 5. The van der Waals surface area contributed by atoms with Crippen LogP contribution >= 0.6 is 11.6 Å². The molecule has 7 nitrogen and oxygen atoms in total. The Balaban J connectivity index is 1.81. The van der Waals surface area contributed by atoms with E-state index in [0.717, 1.165) is 0 Å². The van der Waals surface area contributed by atoms with Crippen molar-refractivity contribution in [2.45, 2.75) is 0 Å². The Bertz CT molecular complexity index is 698. The number of nitrogens with zero attached hydrogens (tertiary/aromatic N) is 1. The topological polar surface area (TPSA) is 104 Å². The van der Waals surface area contributed by atoms with Crippen LogP contribution in [0.25, 0.3) is 0 Å². The molecule has 22 heavy (non-hydrogen) atoms. The van der Waals surface area contributed by atoms with Crippen LogP contribution in [-0.2, 0) is 4.79 Å². The summed E-state index contributed by atoms with van der Waals surface area (Å²) in [4.78, 5) is 23.0. The van der Waals surface area contributed by atoms with Crippen LogP contribution in [0.5, 0.6) is 5.75 Å². The molecule has 3 N–H and O–H groups in total. The van der Waals surface area contributed by atoms with E-state index in [2.05, 4.69) is 15.8 Å². The minimum atomic E-state index is -0.530. The van der Waals surface area contributed by atoms with Crippen LogP contribution < -0.4 is 10.7 Å². The minimum absolute atomic E-state index is 0.0199. The summed E-state index contributed by atoms with van der Waals surface area (Å²) in [5, 5.41) is 16.0. The molecule has 0 fully saturated rings. The molecule has 2 amide bonds. The highest BCUT2D eigenvalue weighted by Gasteiger charge is 2.09. The quantitative estimate of drug-likeness (QED) is 0.573. The maximum atomic E-state index is 11.5. The van der Waals surface area contributed by atoms with Gasteiger partial charge in [-0.05, 0) is 30.3 Å². The molecule has 0 aliphatic heterocycles. The number of hydrazone groups is 1. The molecule has 1 heterocycles. The second-order valence-electron chi connectivity index (χ2n) is 4.16. The summed E-state index contributed by atoms with van der Waals surface area (Å²) in [6.45, 7) is -0.265. The number of nitrogens with one attached hydrogen (secondary N) is 2. The zero-order chi connectivity index (χ0) is 15.9. The summed E-state index contributed by atoms with van der Waals surface area (Å²) in [5.74, 6) is -0.942. The first-order valence-electron chi connectivity index (χ1n) is 6.18. The Hall–Kier alpha value is -2.80. The van der Waals surface area contributed by atoms with E-state index in [-0.39, 0.29) is 18.1 Å². The van der Waals surface area contributed by atoms with Crippen LogP contribution in [0, 0.1) is 0 Å². The van der Waals surface area contributed by atoms with Crippen molar-refractivity contribution in [2.75, 3.05) is 6.54 Å². The Morgan fingerprint density at radius 2 is 2.18 bits per heavy atom. The first kappa shape index (κ1) is 15.6. The van der Waals surface area contributed by atoms with Crippen molar-refractivity contribution >= 4 is 29.6 Å². The highest BCUT2D eigenvalue weighted by Crippen LogP contribution is 2.19. The summed E-state index contributed by atoms with van der Waals surface area (Å²) >= 11 is 5.78. The van der Waals surface area contributed by atoms with E-state index in [1.807, 2.05) is 0 Å². The Kier molecular flexibility index (Phi) is 5.16. The molecule has 0 unspecified atom stereocenters. The Morgan fingerprint density at radius 3 is 2.91 bits per heavy atom. The summed E-state index contributed by atoms with van der Waals surface area (Å²) < 4.78 is 4.88. The lowest BCUT2D eigenvalue weighted by molar-refractivity contribution is -0.120. The lowest BCUT2D eigenvalue weighted by Gasteiger charge is -2.02. The van der Waals surface area contributed by atoms with Gasteiger partial charge in [-0.2, -0.15) is 5.10 Å². The number of furan rings is 1. The Labute approximate surface area is 130 Å². The van der Waals surface area contributed by atoms with E-state index >= 15 is 0 Å². The van der Waals surface area contributed by atoms with E-state index in [1.54, 1.807) is 6.07 Å². The molecule has 0 saturated heterocycles. The maximum Gasteiger partial charge on any atom is 0.287 e. The fourth-order valence-electron chi connectivity index (χ4n) is 1.50. The fraction of sp³-hybridized carbons (Fsp3) is 0.0714. The number of halogens is 1. The van der Waals surface area contributed by atoms with Crippen LogP contribution in [0.3, 0.4) is 0 Å². The first-order chi connectivity index (χ1) is 10.6. The summed E-state index contributed by atoms with van der Waals surface area (Å²) in [6.07, 6.45) is 2.60. The number of amides is 2. The molecule has 1 aromatic carbocycles. The van der Waals surface area contributed by atoms with Gasteiger partial charge in [-0.1, -0.05) is 11.6 Å². The van der Waals surface area contributed by atoms with Crippen molar-refractivity contribution in [2.24, 2.45) is 5.10 Å². The van der Waals surface area contributed by atoms with Crippen LogP contribution in [0.1, 0.15) is 16.1 Å². The van der Waals surface area contributed by atoms with Gasteiger partial charge in [0.25, 0.3) is 11.8 Å². The normalized spacial score (nSPS) is 10.6. The number of hydrogen-bond donors (Lipinski definition) is 3. The number of phenols is 1. The van der Waals surface area contributed by atoms with E-state index < -0.39 is 11.8 Å². The van der Waals surface area contributed by atoms with E-state index in [1.165, 1.54) is 36.7 Å². The highest BCUT2D eigenvalue weighted by atomic mass is 35.5. The third kappa shape index (κ3) is 4.35. The van der Waals surface area contributed by atoms with Gasteiger partial charge in [0.2, 0.25) is 0 Å². The lowest BCUT2D eigenvalue weighted by Crippen LogP contribution is -2.34. The van der Waals surface area contributed by atoms with Crippen molar-refractivity contribution in [3.63, 3.8) is 0 Å². The molecular weight excluding hydrogens is 310 g/mol. The smallest absolute Gasteiger partial charge is 0.287 e. The molecule has 114 valence electrons. The van der Waals surface area contributed by atoms with Crippen molar-refractivity contribution in [3.8, 4) is 5.75 Å². The predicted molar refractivity (Wildman–Crippen MR) is 79.9 cm³/mol. The molecule has 0 atom stereocenters. The van der Waals surface area contributed by atoms with Gasteiger partial charge >= 0.3 is 0 Å². The van der Waals surface area contributed by atoms with Gasteiger partial charge < -0.3 is 14.8 Å². The third-order valence-corrected chi connectivity index (χ3v) is 2.77. The number of carbonyl (C=O) groups excluding carboxylic acids is 2. The molecule has 0 spiro atoms. The number of benzene rings is 1. The lowest BCUT2D eigenvalue weighted by atomic mass is 10.2. The molecule has 0 bridgehead atoms. The van der Waals surface area contributed by atoms with Crippen molar-refractivity contribution < 1.29 is 19.1 Å². The van der Waals surface area contributed by atoms with Crippen molar-refractivity contribution in [3.05, 3.63) is 52.9 Å². The van der Waals surface area contributed by atoms with E-state index in [4.69, 9.17) is 16.0 Å². The number of phenolic OH excluding ortho intramolecular Hbond substituents is 1. The third-order valence-electron chi connectivity index (χ3n) is 2.54. The molecule has 0 aliphatic rings. The van der Waals surface area contributed by atoms with E-state index in [0.29, 0.717) is 10.6 Å². The van der Waals surface area contributed by atoms with Gasteiger partial charge in [-0.25, -0.2) is 5.43 Å². The Morgan fingerprint density at radius 1 is 1.36 bits per heavy atom. The van der Waals surface area contributed by atoms with Gasteiger partial charge in [0.15, 0.2) is 5.76 Å². The van der Waals surface area contributed by atoms with Gasteiger partial charge in [0, 0.05) is 10.6 Å². The molecule has 0 saturated carbocycles. The monoisotopic (exact) mass is 321 g/mol. The highest BCUT2D eigenvalue weighted by molar-refractivity contribution is 6.30. The second-order valence-corrected chi connectivity index (χ2v) is 4.59. The van der Waals surface area contributed by atoms with Crippen LogP contribution in [0.2, 0.25) is 5.02 Å². The van der Waals surface area contributed by atoms with Crippen molar-refractivity contribution in [1.82, 2.24) is 10.7 Å². The molecule has 1 aromatic heterocycles. The summed E-state index contributed by atoms with van der Waals surface area (Å²) in [7, 11) is 0. The molecule has 8 heteroatoms. The zero-order valence-electron chi connectivity index (χ0n) is 11.2. The van der Waals surface area contributed by atoms with Gasteiger partial charge in [0.05, 0.1) is 19.0 Å². The summed E-state index contributed by atoms with van der Waals surface area (Å²) in [6, 6.07) is 7.47. The molecule has 0 radical (unpaired) electrons. The molecular formula is C14H12ClN3O4. The maximum absolute atomic E-state index is 11.5. The van der Waals surface area contributed by atoms with Crippen LogP contribution in [0.15, 0.2) is 46.1 Å². The molecule has 2 rings (SSSR count). The SMILES string of the molecule is O=C(CNC(=O)c1ccco1)N/N=C/c1cc(Cl)ccc1O. The van der Waals surface area contributed by atoms with Gasteiger partial charge in [-0.3, -0.25) is 9.59 Å². The number of hydrogen-bond acceptors (Lipinski definition) is 5. The first-order valence-corrected chi connectivity index (χ1v) is 6.56. The average molecular weight is 322 g/mol. The fourth-order valence-corrected chi connectivity index (χ4v) is 1.68. The predicted octanol–water partition coefficient (Wildman–Crippen LogP) is 1.52. The average Bonchev–Trinajstić information content (AvgIpc) is 3.02. The molecule has 0 aliphatic carbocycles. The number of aromatic hydroxyl groups is 1. The summed E-state index contributed by atoms with van der Waals surface area (Å²) in [5.41, 5.74) is 2.56. The van der Waals surface area contributed by atoms with Crippen LogP contribution in [0.4, 0.5) is 0 Å². The zero-order valence-corrected chi connectivity index (χ0v) is 12.0. The van der Waals surface area contributed by atoms with Gasteiger partial charge in [-0.15, -0.1) is 0 Å². The largest absolute Gasteiger partial charge is 0.507 e. The second kappa shape index (κ2) is 7.28. The van der Waals surface area contributed by atoms with Crippen molar-refractivity contribution in [1.29, 1.82) is 0 Å². The standard InChI is InChI=1S/C14H12ClN3O4/c15-10-3-4-11(19)9(6-10)7-17-18-13(20)8-16-14(21)12-2-1-5-22-12/h1-7,19H,8H2,(H,16,21)(H,18,20)/b17-7+. The van der Waals surface area contributed by atoms with E-state index in [9.17, 15) is 14.7 Å². The van der Waals surface area contributed by atoms with Crippen LogP contribution in [-0.4, -0.2) is 29.7 Å². The number of carbonyl (C=O) groups is 2. The minimum Gasteiger partial charge on any atom is -0.507 e. The van der Waals surface area contributed by atoms with Gasteiger partial charge in [0.1, 0.15) is 5.75 Å². The molecule has 2 aromatic rings.